The second-order valence-electron chi connectivity index (χ2n) is 5.49. The van der Waals surface area contributed by atoms with Crippen LogP contribution in [0.4, 0.5) is 0 Å². The summed E-state index contributed by atoms with van der Waals surface area (Å²) in [5.74, 6) is -0.548. The van der Waals surface area contributed by atoms with E-state index in [9.17, 15) is 9.59 Å². The molecule has 2 rings (SSSR count). The topological polar surface area (TPSA) is 126 Å². The third-order valence-electron chi connectivity index (χ3n) is 3.71. The van der Waals surface area contributed by atoms with Crippen LogP contribution in [0.25, 0.3) is 10.9 Å². The number of carbonyl (C=O) groups excluding carboxylic acids is 2. The maximum absolute atomic E-state index is 12.4. The zero-order valence-electron chi connectivity index (χ0n) is 13.1. The largest absolute Gasteiger partial charge is 0.361 e. The number of rotatable bonds is 7. The molecule has 0 fully saturated rings. The van der Waals surface area contributed by atoms with Crippen molar-refractivity contribution in [3.63, 3.8) is 0 Å². The Hall–Kier alpha value is -2.38. The van der Waals surface area contributed by atoms with Crippen molar-refractivity contribution >= 4 is 22.7 Å². The smallest absolute Gasteiger partial charge is 0.243 e. The van der Waals surface area contributed by atoms with Crippen molar-refractivity contribution in [2.75, 3.05) is 13.1 Å². The van der Waals surface area contributed by atoms with Crippen LogP contribution < -0.4 is 22.1 Å². The molecule has 124 valence electrons. The maximum atomic E-state index is 12.4. The lowest BCUT2D eigenvalue weighted by atomic mass is 10.0. The first-order valence-corrected chi connectivity index (χ1v) is 7.57. The monoisotopic (exact) mass is 317 g/mol. The van der Waals surface area contributed by atoms with Crippen LogP contribution >= 0.6 is 0 Å². The van der Waals surface area contributed by atoms with Gasteiger partial charge in [0.2, 0.25) is 11.8 Å². The van der Waals surface area contributed by atoms with E-state index in [-0.39, 0.29) is 30.9 Å². The second-order valence-corrected chi connectivity index (χ2v) is 5.49. The van der Waals surface area contributed by atoms with Gasteiger partial charge >= 0.3 is 0 Å². The zero-order chi connectivity index (χ0) is 16.8. The van der Waals surface area contributed by atoms with Crippen LogP contribution in [0.15, 0.2) is 30.5 Å². The van der Waals surface area contributed by atoms with Gasteiger partial charge in [-0.15, -0.1) is 0 Å². The summed E-state index contributed by atoms with van der Waals surface area (Å²) in [6.45, 7) is 1.89. The van der Waals surface area contributed by atoms with E-state index < -0.39 is 6.04 Å². The molecule has 1 aromatic carbocycles. The average molecular weight is 317 g/mol. The molecule has 0 bridgehead atoms. The van der Waals surface area contributed by atoms with E-state index in [2.05, 4.69) is 15.6 Å². The van der Waals surface area contributed by atoms with Crippen molar-refractivity contribution in [2.24, 2.45) is 11.5 Å². The molecule has 2 aromatic rings. The molecule has 0 radical (unpaired) electrons. The lowest BCUT2D eigenvalue weighted by Crippen LogP contribution is -2.53. The molecule has 1 atom stereocenters. The van der Waals surface area contributed by atoms with E-state index in [1.54, 1.807) is 0 Å². The minimum absolute atomic E-state index is 0.252. The number of fused-ring (bicyclic) bond motifs is 1. The van der Waals surface area contributed by atoms with Crippen molar-refractivity contribution in [2.45, 2.75) is 25.4 Å². The average Bonchev–Trinajstić information content (AvgIpc) is 2.94. The molecule has 7 N–H and O–H groups in total. The highest BCUT2D eigenvalue weighted by molar-refractivity contribution is 5.89. The Kier molecular flexibility index (Phi) is 5.72. The van der Waals surface area contributed by atoms with E-state index in [1.807, 2.05) is 30.5 Å². The molecule has 0 saturated heterocycles. The standard InChI is InChI=1S/C16H23N5O2/c1-10(22)20-15(16(23)21-12(7-17)8-18)6-11-9-19-14-5-3-2-4-13(11)14/h2-5,9,12,15,19H,6-8,17-18H2,1H3,(H,20,22)(H,21,23). The molecule has 0 spiro atoms. The third-order valence-corrected chi connectivity index (χ3v) is 3.71. The molecule has 2 amide bonds. The number of hydrogen-bond donors (Lipinski definition) is 5. The fraction of sp³-hybridized carbons (Fsp3) is 0.375. The summed E-state index contributed by atoms with van der Waals surface area (Å²) in [6.07, 6.45) is 2.24. The Morgan fingerprint density at radius 2 is 1.87 bits per heavy atom. The highest BCUT2D eigenvalue weighted by Crippen LogP contribution is 2.19. The minimum Gasteiger partial charge on any atom is -0.361 e. The summed E-state index contributed by atoms with van der Waals surface area (Å²) in [7, 11) is 0. The SMILES string of the molecule is CC(=O)NC(Cc1c[nH]c2ccccc12)C(=O)NC(CN)CN. The first kappa shape index (κ1) is 17.0. The highest BCUT2D eigenvalue weighted by Gasteiger charge is 2.23. The van der Waals surface area contributed by atoms with Crippen molar-refractivity contribution < 1.29 is 9.59 Å². The minimum atomic E-state index is -0.674. The van der Waals surface area contributed by atoms with Crippen LogP contribution in [0, 0.1) is 0 Å². The lowest BCUT2D eigenvalue weighted by molar-refractivity contribution is -0.128. The summed E-state index contributed by atoms with van der Waals surface area (Å²) in [6, 6.07) is 6.84. The van der Waals surface area contributed by atoms with Gasteiger partial charge in [-0.25, -0.2) is 0 Å². The van der Waals surface area contributed by atoms with E-state index in [1.165, 1.54) is 6.92 Å². The molecule has 1 heterocycles. The second kappa shape index (κ2) is 7.75. The zero-order valence-corrected chi connectivity index (χ0v) is 13.1. The Morgan fingerprint density at radius 1 is 1.17 bits per heavy atom. The Morgan fingerprint density at radius 3 is 2.52 bits per heavy atom. The van der Waals surface area contributed by atoms with E-state index in [4.69, 9.17) is 11.5 Å². The number of aromatic amines is 1. The fourth-order valence-electron chi connectivity index (χ4n) is 2.49. The molecule has 7 heteroatoms. The number of nitrogens with one attached hydrogen (secondary N) is 3. The van der Waals surface area contributed by atoms with Crippen LogP contribution in [-0.4, -0.2) is 42.0 Å². The molecular weight excluding hydrogens is 294 g/mol. The predicted molar refractivity (Wildman–Crippen MR) is 89.6 cm³/mol. The number of hydrogen-bond acceptors (Lipinski definition) is 4. The highest BCUT2D eigenvalue weighted by atomic mass is 16.2. The van der Waals surface area contributed by atoms with Crippen molar-refractivity contribution in [3.05, 3.63) is 36.0 Å². The summed E-state index contributed by atoms with van der Waals surface area (Å²) in [4.78, 5) is 27.0. The van der Waals surface area contributed by atoms with Gasteiger partial charge in [0, 0.05) is 43.5 Å². The van der Waals surface area contributed by atoms with Gasteiger partial charge in [0.05, 0.1) is 6.04 Å². The van der Waals surface area contributed by atoms with Crippen LogP contribution in [0.3, 0.4) is 0 Å². The number of para-hydroxylation sites is 1. The molecule has 0 aliphatic carbocycles. The summed E-state index contributed by atoms with van der Waals surface area (Å²) < 4.78 is 0. The summed E-state index contributed by atoms with van der Waals surface area (Å²) >= 11 is 0. The molecule has 7 nitrogen and oxygen atoms in total. The molecule has 23 heavy (non-hydrogen) atoms. The van der Waals surface area contributed by atoms with Gasteiger partial charge in [0.25, 0.3) is 0 Å². The number of nitrogens with two attached hydrogens (primary N) is 2. The van der Waals surface area contributed by atoms with Crippen molar-refractivity contribution in [1.82, 2.24) is 15.6 Å². The number of H-pyrrole nitrogens is 1. The number of benzene rings is 1. The summed E-state index contributed by atoms with van der Waals surface area (Å²) in [5.41, 5.74) is 13.1. The maximum Gasteiger partial charge on any atom is 0.243 e. The van der Waals surface area contributed by atoms with E-state index in [0.29, 0.717) is 6.42 Å². The third kappa shape index (κ3) is 4.30. The van der Waals surface area contributed by atoms with Crippen LogP contribution in [0.1, 0.15) is 12.5 Å². The Labute approximate surface area is 134 Å². The number of amides is 2. The van der Waals surface area contributed by atoms with Gasteiger partial charge < -0.3 is 27.1 Å². The van der Waals surface area contributed by atoms with Gasteiger partial charge in [-0.1, -0.05) is 18.2 Å². The van der Waals surface area contributed by atoms with Gasteiger partial charge in [-0.05, 0) is 11.6 Å². The molecule has 0 aliphatic heterocycles. The Bertz CT molecular complexity index is 678. The van der Waals surface area contributed by atoms with Crippen LogP contribution in [0.5, 0.6) is 0 Å². The lowest BCUT2D eigenvalue weighted by Gasteiger charge is -2.21. The quantitative estimate of drug-likeness (QED) is 0.477. The van der Waals surface area contributed by atoms with Gasteiger partial charge in [0.15, 0.2) is 0 Å². The first-order chi connectivity index (χ1) is 11.0. The number of carbonyl (C=O) groups is 2. The van der Waals surface area contributed by atoms with Gasteiger partial charge in [0.1, 0.15) is 6.04 Å². The molecular formula is C16H23N5O2. The van der Waals surface area contributed by atoms with Gasteiger partial charge in [-0.2, -0.15) is 0 Å². The fourth-order valence-corrected chi connectivity index (χ4v) is 2.49. The normalized spacial score (nSPS) is 12.3. The van der Waals surface area contributed by atoms with Crippen molar-refractivity contribution in [3.8, 4) is 0 Å². The molecule has 0 aliphatic rings. The van der Waals surface area contributed by atoms with Gasteiger partial charge in [-0.3, -0.25) is 9.59 Å². The molecule has 1 unspecified atom stereocenters. The van der Waals surface area contributed by atoms with E-state index in [0.717, 1.165) is 16.5 Å². The Balaban J connectivity index is 2.18. The van der Waals surface area contributed by atoms with Crippen LogP contribution in [0.2, 0.25) is 0 Å². The van der Waals surface area contributed by atoms with Crippen molar-refractivity contribution in [1.29, 1.82) is 0 Å². The first-order valence-electron chi connectivity index (χ1n) is 7.57. The predicted octanol–water partition coefficient (Wildman–Crippen LogP) is -0.383. The molecule has 1 aromatic heterocycles. The van der Waals surface area contributed by atoms with E-state index >= 15 is 0 Å². The number of aromatic nitrogens is 1. The van der Waals surface area contributed by atoms with Crippen LogP contribution in [-0.2, 0) is 16.0 Å². The molecule has 0 saturated carbocycles. The summed E-state index contributed by atoms with van der Waals surface area (Å²) in [5, 5.41) is 6.49.